The molecule has 3 N–H and O–H groups in total. The number of methoxy groups -OCH3 is 1. The van der Waals surface area contributed by atoms with Crippen molar-refractivity contribution in [3.8, 4) is 28.1 Å². The van der Waals surface area contributed by atoms with Gasteiger partial charge in [0.15, 0.2) is 5.13 Å². The largest absolute Gasteiger partial charge is 0.497 e. The van der Waals surface area contributed by atoms with Gasteiger partial charge in [0.05, 0.1) is 17.7 Å². The van der Waals surface area contributed by atoms with E-state index >= 15 is 0 Å². The summed E-state index contributed by atoms with van der Waals surface area (Å²) in [5.74, 6) is 0.422. The molecule has 0 saturated heterocycles. The maximum atomic E-state index is 13.2. The summed E-state index contributed by atoms with van der Waals surface area (Å²) in [5.41, 5.74) is 3.10. The van der Waals surface area contributed by atoms with Gasteiger partial charge in [0.1, 0.15) is 10.6 Å². The van der Waals surface area contributed by atoms with E-state index in [4.69, 9.17) is 9.88 Å². The lowest BCUT2D eigenvalue weighted by Gasteiger charge is -2.10. The number of carbonyl (C=O) groups excluding carboxylic acids is 1. The Balaban J connectivity index is 1.62. The van der Waals surface area contributed by atoms with E-state index in [-0.39, 0.29) is 10.8 Å². The van der Waals surface area contributed by atoms with Crippen LogP contribution < -0.4 is 20.1 Å². The normalized spacial score (nSPS) is 11.2. The number of sulfonamides is 1. The summed E-state index contributed by atoms with van der Waals surface area (Å²) in [5, 5.41) is 8.97. The van der Waals surface area contributed by atoms with Gasteiger partial charge in [-0.15, -0.1) is 0 Å². The molecule has 8 nitrogen and oxygen atoms in total. The number of hydrogen-bond acceptors (Lipinski definition) is 7. The van der Waals surface area contributed by atoms with Crippen molar-refractivity contribution >= 4 is 38.1 Å². The molecule has 1 aromatic heterocycles. The first kappa shape index (κ1) is 24.4. The standard InChI is InChI=1S/C25H24N4O4S2/c1-29(2)25-28-22(17-10-14-19(33-3)15-11-17)23(34-25)24(30)27-18-12-8-16(9-13-18)20-6-4-5-7-21(20)35(26,31)32/h4-15H,1-3H3,(H,27,30)(H2,26,31,32). The van der Waals surface area contributed by atoms with Crippen LogP contribution in [0.4, 0.5) is 10.8 Å². The quantitative estimate of drug-likeness (QED) is 0.381. The zero-order valence-corrected chi connectivity index (χ0v) is 21.0. The minimum Gasteiger partial charge on any atom is -0.497 e. The fourth-order valence-electron chi connectivity index (χ4n) is 3.47. The summed E-state index contributed by atoms with van der Waals surface area (Å²) in [6, 6.07) is 20.8. The number of rotatable bonds is 7. The van der Waals surface area contributed by atoms with Crippen LogP contribution in [0.25, 0.3) is 22.4 Å². The number of anilines is 2. The Morgan fingerprint density at radius 2 is 1.60 bits per heavy atom. The van der Waals surface area contributed by atoms with Crippen molar-refractivity contribution in [2.24, 2.45) is 5.14 Å². The molecule has 0 aliphatic rings. The van der Waals surface area contributed by atoms with Crippen molar-refractivity contribution in [3.05, 3.63) is 77.7 Å². The highest BCUT2D eigenvalue weighted by atomic mass is 32.2. The fraction of sp³-hybridized carbons (Fsp3) is 0.120. The highest BCUT2D eigenvalue weighted by Crippen LogP contribution is 2.34. The van der Waals surface area contributed by atoms with E-state index in [9.17, 15) is 13.2 Å². The molecule has 1 heterocycles. The molecule has 0 atom stereocenters. The lowest BCUT2D eigenvalue weighted by atomic mass is 10.1. The van der Waals surface area contributed by atoms with Crippen molar-refractivity contribution in [1.29, 1.82) is 0 Å². The van der Waals surface area contributed by atoms with E-state index in [0.29, 0.717) is 38.3 Å². The summed E-state index contributed by atoms with van der Waals surface area (Å²) in [7, 11) is 1.47. The smallest absolute Gasteiger partial charge is 0.268 e. The SMILES string of the molecule is COc1ccc(-c2nc(N(C)C)sc2C(=O)Nc2ccc(-c3ccccc3S(N)(=O)=O)cc2)cc1. The Morgan fingerprint density at radius 1 is 0.971 bits per heavy atom. The molecule has 0 aliphatic heterocycles. The van der Waals surface area contributed by atoms with Gasteiger partial charge in [-0.05, 0) is 48.0 Å². The van der Waals surface area contributed by atoms with Crippen molar-refractivity contribution in [2.45, 2.75) is 4.90 Å². The number of amides is 1. The molecule has 0 radical (unpaired) electrons. The fourth-order valence-corrected chi connectivity index (χ4v) is 5.14. The Kier molecular flexibility index (Phi) is 6.88. The number of thiazole rings is 1. The Morgan fingerprint density at radius 3 is 2.20 bits per heavy atom. The summed E-state index contributed by atoms with van der Waals surface area (Å²) in [6.45, 7) is 0. The third kappa shape index (κ3) is 5.35. The third-order valence-electron chi connectivity index (χ3n) is 5.22. The number of primary sulfonamides is 1. The predicted octanol–water partition coefficient (Wildman–Crippen LogP) is 4.45. The third-order valence-corrected chi connectivity index (χ3v) is 7.41. The highest BCUT2D eigenvalue weighted by molar-refractivity contribution is 7.89. The highest BCUT2D eigenvalue weighted by Gasteiger charge is 2.21. The molecule has 0 spiro atoms. The summed E-state index contributed by atoms with van der Waals surface area (Å²) in [6.07, 6.45) is 0. The van der Waals surface area contributed by atoms with Crippen molar-refractivity contribution in [2.75, 3.05) is 31.4 Å². The molecule has 35 heavy (non-hydrogen) atoms. The molecular formula is C25H24N4O4S2. The second-order valence-electron chi connectivity index (χ2n) is 7.87. The molecule has 1 amide bonds. The topological polar surface area (TPSA) is 115 Å². The monoisotopic (exact) mass is 508 g/mol. The number of carbonyl (C=O) groups is 1. The minimum atomic E-state index is -3.87. The van der Waals surface area contributed by atoms with E-state index < -0.39 is 10.0 Å². The van der Waals surface area contributed by atoms with Gasteiger partial charge >= 0.3 is 0 Å². The molecule has 4 rings (SSSR count). The Hall–Kier alpha value is -3.73. The zero-order chi connectivity index (χ0) is 25.2. The number of nitrogens with two attached hydrogens (primary N) is 1. The number of nitrogens with zero attached hydrogens (tertiary/aromatic N) is 2. The molecule has 0 saturated carbocycles. The van der Waals surface area contributed by atoms with Gasteiger partial charge < -0.3 is 15.0 Å². The first-order chi connectivity index (χ1) is 16.7. The van der Waals surface area contributed by atoms with Gasteiger partial charge in [-0.1, -0.05) is 41.7 Å². The van der Waals surface area contributed by atoms with Crippen molar-refractivity contribution in [3.63, 3.8) is 0 Å². The van der Waals surface area contributed by atoms with Gasteiger partial charge in [-0.2, -0.15) is 0 Å². The Labute approximate surface area is 208 Å². The number of benzene rings is 3. The van der Waals surface area contributed by atoms with Crippen LogP contribution in [0.2, 0.25) is 0 Å². The number of nitrogens with one attached hydrogen (secondary N) is 1. The lowest BCUT2D eigenvalue weighted by Crippen LogP contribution is -2.13. The van der Waals surface area contributed by atoms with Crippen LogP contribution in [0, 0.1) is 0 Å². The molecule has 3 aromatic carbocycles. The lowest BCUT2D eigenvalue weighted by molar-refractivity contribution is 0.103. The van der Waals surface area contributed by atoms with Crippen LogP contribution >= 0.6 is 11.3 Å². The van der Waals surface area contributed by atoms with E-state index in [2.05, 4.69) is 10.3 Å². The van der Waals surface area contributed by atoms with Gasteiger partial charge in [0.25, 0.3) is 5.91 Å². The van der Waals surface area contributed by atoms with Gasteiger partial charge in [-0.25, -0.2) is 18.5 Å². The van der Waals surface area contributed by atoms with Crippen LogP contribution in [0.5, 0.6) is 5.75 Å². The molecule has 0 fully saturated rings. The molecule has 4 aromatic rings. The zero-order valence-electron chi connectivity index (χ0n) is 19.3. The molecular weight excluding hydrogens is 484 g/mol. The van der Waals surface area contributed by atoms with Crippen LogP contribution in [0.15, 0.2) is 77.7 Å². The van der Waals surface area contributed by atoms with Gasteiger partial charge in [0, 0.05) is 30.9 Å². The first-order valence-electron chi connectivity index (χ1n) is 10.5. The van der Waals surface area contributed by atoms with Crippen molar-refractivity contribution in [1.82, 2.24) is 4.98 Å². The maximum Gasteiger partial charge on any atom is 0.268 e. The van der Waals surface area contributed by atoms with Crippen LogP contribution in [-0.2, 0) is 10.0 Å². The average Bonchev–Trinajstić information content (AvgIpc) is 3.30. The number of ether oxygens (including phenoxy) is 1. The Bertz CT molecular complexity index is 1460. The molecule has 10 heteroatoms. The van der Waals surface area contributed by atoms with Crippen molar-refractivity contribution < 1.29 is 17.9 Å². The predicted molar refractivity (Wildman–Crippen MR) is 140 cm³/mol. The average molecular weight is 509 g/mol. The van der Waals surface area contributed by atoms with Crippen LogP contribution in [0.3, 0.4) is 0 Å². The summed E-state index contributed by atoms with van der Waals surface area (Å²) < 4.78 is 29.1. The number of aromatic nitrogens is 1. The molecule has 180 valence electrons. The van der Waals surface area contributed by atoms with Gasteiger partial charge in [0.2, 0.25) is 10.0 Å². The summed E-state index contributed by atoms with van der Waals surface area (Å²) in [4.78, 5) is 20.3. The van der Waals surface area contributed by atoms with Crippen LogP contribution in [0.1, 0.15) is 9.67 Å². The molecule has 0 unspecified atom stereocenters. The summed E-state index contributed by atoms with van der Waals surface area (Å²) >= 11 is 1.30. The van der Waals surface area contributed by atoms with E-state index in [0.717, 1.165) is 5.56 Å². The van der Waals surface area contributed by atoms with E-state index in [1.165, 1.54) is 17.4 Å². The maximum absolute atomic E-state index is 13.2. The number of hydrogen-bond donors (Lipinski definition) is 2. The van der Waals surface area contributed by atoms with Gasteiger partial charge in [-0.3, -0.25) is 4.79 Å². The molecule has 0 aliphatic carbocycles. The minimum absolute atomic E-state index is 0.0433. The second kappa shape index (κ2) is 9.87. The molecule has 0 bridgehead atoms. The first-order valence-corrected chi connectivity index (χ1v) is 12.9. The van der Waals surface area contributed by atoms with E-state index in [1.807, 2.05) is 43.3 Å². The van der Waals surface area contributed by atoms with Crippen LogP contribution in [-0.4, -0.2) is 40.5 Å². The second-order valence-corrected chi connectivity index (χ2v) is 10.4. The van der Waals surface area contributed by atoms with E-state index in [1.54, 1.807) is 49.6 Å².